The van der Waals surface area contributed by atoms with Crippen molar-refractivity contribution < 1.29 is 4.48 Å². The van der Waals surface area contributed by atoms with Crippen LogP contribution in [0.2, 0.25) is 0 Å². The lowest BCUT2D eigenvalue weighted by Gasteiger charge is -2.33. The molecule has 0 amide bonds. The predicted octanol–water partition coefficient (Wildman–Crippen LogP) is 4.43. The molecular formula is C18H24N+. The van der Waals surface area contributed by atoms with Crippen molar-refractivity contribution in [2.75, 3.05) is 21.1 Å². The van der Waals surface area contributed by atoms with Crippen molar-refractivity contribution >= 4 is 0 Å². The fraction of sp³-hybridized carbons (Fsp3) is 0.333. The van der Waals surface area contributed by atoms with Gasteiger partial charge in [0.2, 0.25) is 0 Å². The zero-order valence-electron chi connectivity index (χ0n) is 12.6. The van der Waals surface area contributed by atoms with Gasteiger partial charge in [0.15, 0.2) is 0 Å². The molecule has 0 spiro atoms. The van der Waals surface area contributed by atoms with Crippen molar-refractivity contribution in [1.82, 2.24) is 0 Å². The van der Waals surface area contributed by atoms with Crippen LogP contribution in [0.5, 0.6) is 0 Å². The molecule has 0 N–H and O–H groups in total. The highest BCUT2D eigenvalue weighted by Crippen LogP contribution is 2.33. The van der Waals surface area contributed by atoms with E-state index in [-0.39, 0.29) is 0 Å². The second kappa shape index (κ2) is 5.18. The lowest BCUT2D eigenvalue weighted by Crippen LogP contribution is -2.37. The number of nitrogens with zero attached hydrogens (tertiary/aromatic N) is 1. The Hall–Kier alpha value is -1.60. The number of aryl methyl sites for hydroxylation is 1. The van der Waals surface area contributed by atoms with E-state index in [4.69, 9.17) is 0 Å². The molecule has 2 aromatic carbocycles. The molecule has 0 radical (unpaired) electrons. The summed E-state index contributed by atoms with van der Waals surface area (Å²) in [5, 5.41) is 0. The van der Waals surface area contributed by atoms with Crippen molar-refractivity contribution in [3.8, 4) is 11.1 Å². The molecule has 2 aromatic rings. The van der Waals surface area contributed by atoms with E-state index >= 15 is 0 Å². The summed E-state index contributed by atoms with van der Waals surface area (Å²) in [6, 6.07) is 17.9. The third kappa shape index (κ3) is 2.87. The Labute approximate surface area is 117 Å². The summed E-state index contributed by atoms with van der Waals surface area (Å²) < 4.78 is 0.933. The molecule has 0 aliphatic carbocycles. The second-order valence-corrected chi connectivity index (χ2v) is 6.19. The summed E-state index contributed by atoms with van der Waals surface area (Å²) in [6.07, 6.45) is 0. The van der Waals surface area contributed by atoms with E-state index < -0.39 is 0 Å². The van der Waals surface area contributed by atoms with Gasteiger partial charge in [-0.25, -0.2) is 0 Å². The van der Waals surface area contributed by atoms with Crippen molar-refractivity contribution in [3.05, 3.63) is 59.7 Å². The van der Waals surface area contributed by atoms with Gasteiger partial charge in [-0.1, -0.05) is 48.5 Å². The van der Waals surface area contributed by atoms with Crippen LogP contribution in [0.15, 0.2) is 48.5 Å². The van der Waals surface area contributed by atoms with Crippen LogP contribution in [0.1, 0.15) is 24.1 Å². The van der Waals surface area contributed by atoms with Gasteiger partial charge in [0, 0.05) is 5.56 Å². The predicted molar refractivity (Wildman–Crippen MR) is 83.1 cm³/mol. The van der Waals surface area contributed by atoms with Crippen LogP contribution >= 0.6 is 0 Å². The highest BCUT2D eigenvalue weighted by molar-refractivity contribution is 5.70. The quantitative estimate of drug-likeness (QED) is 0.711. The fourth-order valence-electron chi connectivity index (χ4n) is 2.40. The molecule has 0 aliphatic heterocycles. The summed E-state index contributed by atoms with van der Waals surface area (Å²) in [7, 11) is 6.75. The maximum atomic E-state index is 2.30. The Bertz CT molecular complexity index is 564. The van der Waals surface area contributed by atoms with Gasteiger partial charge in [-0.15, -0.1) is 0 Å². The zero-order valence-corrected chi connectivity index (χ0v) is 12.6. The first-order valence-corrected chi connectivity index (χ1v) is 6.87. The van der Waals surface area contributed by atoms with Crippen LogP contribution in [-0.2, 0) is 0 Å². The zero-order chi connectivity index (χ0) is 14.0. The normalized spacial score (nSPS) is 13.3. The molecule has 0 bridgehead atoms. The first-order chi connectivity index (χ1) is 8.91. The molecule has 0 aliphatic rings. The minimum absolute atomic E-state index is 0.468. The SMILES string of the molecule is Cc1ccccc1-c1ccccc1[C@H](C)[N+](C)(C)C. The lowest BCUT2D eigenvalue weighted by molar-refractivity contribution is -0.900. The van der Waals surface area contributed by atoms with Gasteiger partial charge in [0.25, 0.3) is 0 Å². The third-order valence-corrected chi connectivity index (χ3v) is 4.01. The van der Waals surface area contributed by atoms with Gasteiger partial charge < -0.3 is 4.48 Å². The molecule has 2 rings (SSSR count). The van der Waals surface area contributed by atoms with Crippen LogP contribution in [-0.4, -0.2) is 25.6 Å². The smallest absolute Gasteiger partial charge is 0.112 e. The Morgan fingerprint density at radius 1 is 0.789 bits per heavy atom. The van der Waals surface area contributed by atoms with Crippen molar-refractivity contribution in [3.63, 3.8) is 0 Å². The van der Waals surface area contributed by atoms with Gasteiger partial charge in [0.05, 0.1) is 21.1 Å². The maximum absolute atomic E-state index is 2.30. The number of hydrogen-bond donors (Lipinski definition) is 0. The Morgan fingerprint density at radius 2 is 1.32 bits per heavy atom. The molecule has 0 saturated heterocycles. The number of hydrogen-bond acceptors (Lipinski definition) is 0. The molecule has 100 valence electrons. The largest absolute Gasteiger partial charge is 0.325 e. The fourth-order valence-corrected chi connectivity index (χ4v) is 2.40. The highest BCUT2D eigenvalue weighted by Gasteiger charge is 2.23. The molecule has 1 heteroatoms. The molecule has 1 atom stereocenters. The van der Waals surface area contributed by atoms with Gasteiger partial charge in [-0.2, -0.15) is 0 Å². The molecular weight excluding hydrogens is 230 g/mol. The van der Waals surface area contributed by atoms with Gasteiger partial charge >= 0.3 is 0 Å². The van der Waals surface area contributed by atoms with Crippen molar-refractivity contribution in [2.24, 2.45) is 0 Å². The Morgan fingerprint density at radius 3 is 1.89 bits per heavy atom. The van der Waals surface area contributed by atoms with Crippen molar-refractivity contribution in [1.29, 1.82) is 0 Å². The van der Waals surface area contributed by atoms with Crippen LogP contribution in [0.3, 0.4) is 0 Å². The second-order valence-electron chi connectivity index (χ2n) is 6.19. The number of quaternary nitrogens is 1. The van der Waals surface area contributed by atoms with E-state index in [2.05, 4.69) is 83.5 Å². The third-order valence-electron chi connectivity index (χ3n) is 4.01. The first kappa shape index (κ1) is 13.8. The first-order valence-electron chi connectivity index (χ1n) is 6.87. The summed E-state index contributed by atoms with van der Waals surface area (Å²) in [4.78, 5) is 0. The molecule has 1 nitrogen and oxygen atoms in total. The average Bonchev–Trinajstić information content (AvgIpc) is 2.37. The van der Waals surface area contributed by atoms with Crippen LogP contribution in [0.25, 0.3) is 11.1 Å². The molecule has 0 saturated carbocycles. The van der Waals surface area contributed by atoms with E-state index in [1.54, 1.807) is 0 Å². The number of benzene rings is 2. The average molecular weight is 254 g/mol. The van der Waals surface area contributed by atoms with E-state index in [0.717, 1.165) is 4.48 Å². The lowest BCUT2D eigenvalue weighted by atomic mass is 9.92. The van der Waals surface area contributed by atoms with E-state index in [0.29, 0.717) is 6.04 Å². The molecule has 19 heavy (non-hydrogen) atoms. The highest BCUT2D eigenvalue weighted by atomic mass is 15.3. The molecule has 0 aromatic heterocycles. The van der Waals surface area contributed by atoms with Crippen LogP contribution < -0.4 is 0 Å². The standard InChI is InChI=1S/C18H24N/c1-14-10-6-7-11-16(14)18-13-9-8-12-17(18)15(2)19(3,4)5/h6-13,15H,1-5H3/q+1/t15-/m0/s1. The number of rotatable bonds is 3. The summed E-state index contributed by atoms with van der Waals surface area (Å²) in [6.45, 7) is 4.49. The maximum Gasteiger partial charge on any atom is 0.112 e. The summed E-state index contributed by atoms with van der Waals surface area (Å²) in [5.41, 5.74) is 5.47. The van der Waals surface area contributed by atoms with E-state index in [9.17, 15) is 0 Å². The Balaban J connectivity index is 2.57. The molecule has 0 unspecified atom stereocenters. The molecule has 0 fully saturated rings. The van der Waals surface area contributed by atoms with E-state index in [1.807, 2.05) is 0 Å². The Kier molecular flexibility index (Phi) is 3.77. The summed E-state index contributed by atoms with van der Waals surface area (Å²) >= 11 is 0. The van der Waals surface area contributed by atoms with Crippen molar-refractivity contribution in [2.45, 2.75) is 19.9 Å². The topological polar surface area (TPSA) is 0 Å². The monoisotopic (exact) mass is 254 g/mol. The van der Waals surface area contributed by atoms with Gasteiger partial charge in [-0.3, -0.25) is 0 Å². The van der Waals surface area contributed by atoms with Gasteiger partial charge in [0.1, 0.15) is 6.04 Å². The minimum Gasteiger partial charge on any atom is -0.325 e. The van der Waals surface area contributed by atoms with Crippen LogP contribution in [0, 0.1) is 6.92 Å². The summed E-state index contributed by atoms with van der Waals surface area (Å²) in [5.74, 6) is 0. The van der Waals surface area contributed by atoms with E-state index in [1.165, 1.54) is 22.3 Å². The minimum atomic E-state index is 0.468. The van der Waals surface area contributed by atoms with Gasteiger partial charge in [-0.05, 0) is 30.5 Å². The molecule has 0 heterocycles. The van der Waals surface area contributed by atoms with Crippen LogP contribution in [0.4, 0.5) is 0 Å².